The van der Waals surface area contributed by atoms with Gasteiger partial charge in [0.05, 0.1) is 7.11 Å². The zero-order chi connectivity index (χ0) is 17.6. The van der Waals surface area contributed by atoms with Crippen LogP contribution in [0, 0.1) is 0 Å². The summed E-state index contributed by atoms with van der Waals surface area (Å²) in [5.41, 5.74) is 2.61. The van der Waals surface area contributed by atoms with Crippen LogP contribution in [0.4, 0.5) is 0 Å². The molecule has 3 aromatic rings. The lowest BCUT2D eigenvalue weighted by Gasteiger charge is -2.23. The lowest BCUT2D eigenvalue weighted by Crippen LogP contribution is -2.30. The molecule has 0 heterocycles. The maximum absolute atomic E-state index is 5.30. The summed E-state index contributed by atoms with van der Waals surface area (Å²) in [6.07, 6.45) is 0. The summed E-state index contributed by atoms with van der Waals surface area (Å²) < 4.78 is 5.30. The number of likely N-dealkylation sites (N-methyl/N-ethyl adjacent to an activating group) is 1. The third-order valence-corrected chi connectivity index (χ3v) is 4.41. The van der Waals surface area contributed by atoms with E-state index >= 15 is 0 Å². The van der Waals surface area contributed by atoms with Gasteiger partial charge in [0.25, 0.3) is 0 Å². The lowest BCUT2D eigenvalue weighted by molar-refractivity contribution is 0.340. The molecule has 0 unspecified atom stereocenters. The van der Waals surface area contributed by atoms with Crippen LogP contribution < -0.4 is 10.1 Å². The van der Waals surface area contributed by atoms with Crippen LogP contribution >= 0.6 is 0 Å². The van der Waals surface area contributed by atoms with Crippen molar-refractivity contribution >= 4 is 10.8 Å². The Morgan fingerprint density at radius 1 is 0.920 bits per heavy atom. The van der Waals surface area contributed by atoms with Crippen LogP contribution in [0.25, 0.3) is 10.8 Å². The zero-order valence-corrected chi connectivity index (χ0v) is 15.2. The number of hydrogen-bond acceptors (Lipinski definition) is 3. The molecule has 0 aliphatic rings. The Labute approximate surface area is 150 Å². The summed E-state index contributed by atoms with van der Waals surface area (Å²) in [6, 6.07) is 23.8. The molecule has 3 heteroatoms. The van der Waals surface area contributed by atoms with Crippen molar-refractivity contribution in [3.8, 4) is 5.75 Å². The number of benzene rings is 3. The van der Waals surface area contributed by atoms with E-state index in [-0.39, 0.29) is 0 Å². The van der Waals surface area contributed by atoms with Crippen LogP contribution in [-0.2, 0) is 6.54 Å². The van der Waals surface area contributed by atoms with Gasteiger partial charge in [-0.25, -0.2) is 0 Å². The molecule has 0 saturated heterocycles. The number of rotatable bonds is 7. The Hall–Kier alpha value is -2.36. The molecular weight excluding hydrogens is 308 g/mol. The number of methoxy groups -OCH3 is 1. The predicted octanol–water partition coefficient (Wildman–Crippen LogP) is 4.24. The van der Waals surface area contributed by atoms with Gasteiger partial charge in [-0.1, -0.05) is 48.5 Å². The van der Waals surface area contributed by atoms with Crippen molar-refractivity contribution in [3.63, 3.8) is 0 Å². The average molecular weight is 334 g/mol. The van der Waals surface area contributed by atoms with Crippen LogP contribution in [0.3, 0.4) is 0 Å². The summed E-state index contributed by atoms with van der Waals surface area (Å²) in [5, 5.41) is 6.15. The van der Waals surface area contributed by atoms with E-state index < -0.39 is 0 Å². The number of fused-ring (bicyclic) bond motifs is 1. The molecular formula is C22H26N2O. The molecule has 1 atom stereocenters. The number of hydrogen-bond donors (Lipinski definition) is 1. The van der Waals surface area contributed by atoms with E-state index in [0.717, 1.165) is 18.8 Å². The molecule has 0 aliphatic carbocycles. The molecule has 0 radical (unpaired) electrons. The lowest BCUT2D eigenvalue weighted by atomic mass is 10.0. The van der Waals surface area contributed by atoms with Crippen molar-refractivity contribution in [1.29, 1.82) is 0 Å². The first-order valence-electron chi connectivity index (χ1n) is 8.65. The minimum Gasteiger partial charge on any atom is -0.497 e. The van der Waals surface area contributed by atoms with E-state index in [4.69, 9.17) is 4.74 Å². The fourth-order valence-electron chi connectivity index (χ4n) is 3.09. The summed E-state index contributed by atoms with van der Waals surface area (Å²) >= 11 is 0. The van der Waals surface area contributed by atoms with Gasteiger partial charge in [-0.15, -0.1) is 0 Å². The molecule has 0 aliphatic heterocycles. The second-order valence-electron chi connectivity index (χ2n) is 6.65. The highest BCUT2D eigenvalue weighted by molar-refractivity contribution is 5.84. The topological polar surface area (TPSA) is 24.5 Å². The predicted molar refractivity (Wildman–Crippen MR) is 105 cm³/mol. The second kappa shape index (κ2) is 8.15. The van der Waals surface area contributed by atoms with Crippen molar-refractivity contribution in [1.82, 2.24) is 10.2 Å². The molecule has 0 amide bonds. The normalized spacial score (nSPS) is 12.5. The molecule has 1 N–H and O–H groups in total. The zero-order valence-electron chi connectivity index (χ0n) is 15.2. The molecule has 3 nitrogen and oxygen atoms in total. The van der Waals surface area contributed by atoms with Crippen LogP contribution in [0.5, 0.6) is 5.75 Å². The molecule has 3 rings (SSSR count). The Morgan fingerprint density at radius 3 is 2.36 bits per heavy atom. The van der Waals surface area contributed by atoms with Crippen LogP contribution in [0.15, 0.2) is 66.7 Å². The SMILES string of the molecule is COc1ccc2cc(CN[C@H](CN(C)C)c3ccccc3)ccc2c1. The molecule has 25 heavy (non-hydrogen) atoms. The van der Waals surface area contributed by atoms with Gasteiger partial charge in [0.2, 0.25) is 0 Å². The van der Waals surface area contributed by atoms with Gasteiger partial charge < -0.3 is 15.0 Å². The van der Waals surface area contributed by atoms with Gasteiger partial charge >= 0.3 is 0 Å². The highest BCUT2D eigenvalue weighted by Crippen LogP contribution is 2.22. The summed E-state index contributed by atoms with van der Waals surface area (Å²) in [6.45, 7) is 1.81. The Balaban J connectivity index is 1.75. The Bertz CT molecular complexity index is 815. The third kappa shape index (κ3) is 4.59. The highest BCUT2D eigenvalue weighted by Gasteiger charge is 2.12. The van der Waals surface area contributed by atoms with E-state index in [1.165, 1.54) is 21.9 Å². The van der Waals surface area contributed by atoms with Gasteiger partial charge in [-0.3, -0.25) is 0 Å². The van der Waals surface area contributed by atoms with Crippen LogP contribution in [0.1, 0.15) is 17.2 Å². The van der Waals surface area contributed by atoms with Crippen molar-refractivity contribution < 1.29 is 4.74 Å². The fourth-order valence-corrected chi connectivity index (χ4v) is 3.09. The number of ether oxygens (including phenoxy) is 1. The largest absolute Gasteiger partial charge is 0.497 e. The van der Waals surface area contributed by atoms with E-state index in [1.807, 2.05) is 6.07 Å². The van der Waals surface area contributed by atoms with Gasteiger partial charge in [-0.2, -0.15) is 0 Å². The third-order valence-electron chi connectivity index (χ3n) is 4.41. The van der Waals surface area contributed by atoms with Gasteiger partial charge in [0.1, 0.15) is 5.75 Å². The minimum atomic E-state index is 0.308. The standard InChI is InChI=1S/C22H26N2O/c1-24(2)16-22(18-7-5-4-6-8-18)23-15-17-9-10-20-14-21(25-3)12-11-19(20)13-17/h4-14,22-23H,15-16H2,1-3H3/t22-/m1/s1. The average Bonchev–Trinajstić information content (AvgIpc) is 2.65. The van der Waals surface area contributed by atoms with Crippen molar-refractivity contribution in [2.45, 2.75) is 12.6 Å². The molecule has 3 aromatic carbocycles. The van der Waals surface area contributed by atoms with Crippen molar-refractivity contribution in [2.75, 3.05) is 27.7 Å². The number of nitrogens with zero attached hydrogens (tertiary/aromatic N) is 1. The smallest absolute Gasteiger partial charge is 0.119 e. The van der Waals surface area contributed by atoms with Crippen LogP contribution in [-0.4, -0.2) is 32.6 Å². The first-order chi connectivity index (χ1) is 12.2. The van der Waals surface area contributed by atoms with Crippen molar-refractivity contribution in [2.24, 2.45) is 0 Å². The quantitative estimate of drug-likeness (QED) is 0.699. The monoisotopic (exact) mass is 334 g/mol. The Morgan fingerprint density at radius 2 is 1.64 bits per heavy atom. The second-order valence-corrected chi connectivity index (χ2v) is 6.65. The van der Waals surface area contributed by atoms with E-state index in [2.05, 4.69) is 85.0 Å². The molecule has 0 bridgehead atoms. The summed E-state index contributed by atoms with van der Waals surface area (Å²) in [5.74, 6) is 0.897. The van der Waals surface area contributed by atoms with Gasteiger partial charge in [0.15, 0.2) is 0 Å². The van der Waals surface area contributed by atoms with Crippen molar-refractivity contribution in [3.05, 3.63) is 77.9 Å². The van der Waals surface area contributed by atoms with E-state index in [9.17, 15) is 0 Å². The first kappa shape index (κ1) is 17.5. The fraction of sp³-hybridized carbons (Fsp3) is 0.273. The molecule has 130 valence electrons. The van der Waals surface area contributed by atoms with E-state index in [1.54, 1.807) is 7.11 Å². The van der Waals surface area contributed by atoms with Gasteiger partial charge in [-0.05, 0) is 54.2 Å². The summed E-state index contributed by atoms with van der Waals surface area (Å²) in [7, 11) is 5.93. The maximum Gasteiger partial charge on any atom is 0.119 e. The highest BCUT2D eigenvalue weighted by atomic mass is 16.5. The van der Waals surface area contributed by atoms with E-state index in [0.29, 0.717) is 6.04 Å². The molecule has 0 saturated carbocycles. The minimum absolute atomic E-state index is 0.308. The first-order valence-corrected chi connectivity index (χ1v) is 8.65. The maximum atomic E-state index is 5.30. The molecule has 0 fully saturated rings. The molecule has 0 aromatic heterocycles. The van der Waals surface area contributed by atoms with Gasteiger partial charge in [0, 0.05) is 19.1 Å². The van der Waals surface area contributed by atoms with Crippen LogP contribution in [0.2, 0.25) is 0 Å². The molecule has 0 spiro atoms. The summed E-state index contributed by atoms with van der Waals surface area (Å²) in [4.78, 5) is 2.22. The Kier molecular flexibility index (Phi) is 5.69. The number of nitrogens with one attached hydrogen (secondary N) is 1.